The molecule has 0 saturated heterocycles. The Hall–Kier alpha value is -1.36. The third-order valence-electron chi connectivity index (χ3n) is 1.54. The molecule has 0 atom stereocenters. The summed E-state index contributed by atoms with van der Waals surface area (Å²) in [6.45, 7) is 5.63. The van der Waals surface area contributed by atoms with E-state index >= 15 is 0 Å². The molecule has 0 spiro atoms. The highest BCUT2D eigenvalue weighted by Crippen LogP contribution is 2.12. The molecule has 1 rings (SSSR count). The zero-order valence-electron chi connectivity index (χ0n) is 8.58. The van der Waals surface area contributed by atoms with Crippen molar-refractivity contribution in [3.63, 3.8) is 0 Å². The Balaban J connectivity index is 2.73. The van der Waals surface area contributed by atoms with Crippen LogP contribution < -0.4 is 15.8 Å². The molecule has 0 aromatic carbocycles. The molecule has 14 heavy (non-hydrogen) atoms. The number of ether oxygens (including phenoxy) is 1. The second-order valence-electron chi connectivity index (χ2n) is 2.81. The van der Waals surface area contributed by atoms with E-state index in [1.807, 2.05) is 13.8 Å². The summed E-state index contributed by atoms with van der Waals surface area (Å²) >= 11 is 0. The van der Waals surface area contributed by atoms with Gasteiger partial charge in [0.15, 0.2) is 0 Å². The van der Waals surface area contributed by atoms with Crippen molar-refractivity contribution in [1.29, 1.82) is 0 Å². The number of anilines is 1. The molecule has 0 amide bonds. The van der Waals surface area contributed by atoms with Gasteiger partial charge in [-0.1, -0.05) is 0 Å². The minimum atomic E-state index is 0.474. The van der Waals surface area contributed by atoms with Gasteiger partial charge in [-0.2, -0.15) is 4.98 Å². The average molecular weight is 196 g/mol. The molecule has 0 fully saturated rings. The Kier molecular flexibility index (Phi) is 4.12. The van der Waals surface area contributed by atoms with Crippen molar-refractivity contribution in [2.24, 2.45) is 5.73 Å². The van der Waals surface area contributed by atoms with Crippen LogP contribution in [0.3, 0.4) is 0 Å². The summed E-state index contributed by atoms with van der Waals surface area (Å²) in [4.78, 5) is 8.32. The maximum Gasteiger partial charge on any atom is 0.218 e. The van der Waals surface area contributed by atoms with Crippen LogP contribution in [0.4, 0.5) is 5.82 Å². The van der Waals surface area contributed by atoms with Crippen LogP contribution in [0, 0.1) is 6.92 Å². The number of hydrogen-bond acceptors (Lipinski definition) is 5. The summed E-state index contributed by atoms with van der Waals surface area (Å²) in [5, 5.41) is 3.10. The van der Waals surface area contributed by atoms with E-state index in [1.54, 1.807) is 6.07 Å². The lowest BCUT2D eigenvalue weighted by Crippen LogP contribution is -2.12. The number of nitrogens with one attached hydrogen (secondary N) is 1. The topological polar surface area (TPSA) is 73.1 Å². The number of nitrogens with zero attached hydrogens (tertiary/aromatic N) is 2. The molecule has 0 unspecified atom stereocenters. The fourth-order valence-electron chi connectivity index (χ4n) is 1.05. The highest BCUT2D eigenvalue weighted by molar-refractivity contribution is 5.38. The fourth-order valence-corrected chi connectivity index (χ4v) is 1.05. The van der Waals surface area contributed by atoms with Gasteiger partial charge in [-0.25, -0.2) is 4.98 Å². The normalized spacial score (nSPS) is 9.93. The number of rotatable bonds is 5. The van der Waals surface area contributed by atoms with Crippen molar-refractivity contribution in [3.05, 3.63) is 11.9 Å². The van der Waals surface area contributed by atoms with Crippen molar-refractivity contribution < 1.29 is 4.74 Å². The highest BCUT2D eigenvalue weighted by atomic mass is 16.5. The van der Waals surface area contributed by atoms with Crippen molar-refractivity contribution >= 4 is 5.82 Å². The van der Waals surface area contributed by atoms with Crippen LogP contribution in [0.15, 0.2) is 6.07 Å². The SMILES string of the molecule is CCNc1cc(OCCN)nc(C)n1. The first kappa shape index (κ1) is 10.7. The van der Waals surface area contributed by atoms with Gasteiger partial charge in [0, 0.05) is 19.2 Å². The number of aromatic nitrogens is 2. The average Bonchev–Trinajstić information content (AvgIpc) is 2.14. The summed E-state index contributed by atoms with van der Waals surface area (Å²) in [6, 6.07) is 1.77. The van der Waals surface area contributed by atoms with E-state index in [4.69, 9.17) is 10.5 Å². The number of nitrogens with two attached hydrogens (primary N) is 1. The van der Waals surface area contributed by atoms with E-state index in [2.05, 4.69) is 15.3 Å². The summed E-state index contributed by atoms with van der Waals surface area (Å²) in [5.74, 6) is 2.04. The van der Waals surface area contributed by atoms with Crippen LogP contribution in [-0.2, 0) is 0 Å². The molecular formula is C9H16N4O. The zero-order valence-corrected chi connectivity index (χ0v) is 8.58. The molecule has 0 saturated carbocycles. The monoisotopic (exact) mass is 196 g/mol. The third-order valence-corrected chi connectivity index (χ3v) is 1.54. The first-order valence-electron chi connectivity index (χ1n) is 4.68. The molecule has 0 aliphatic heterocycles. The molecule has 0 bridgehead atoms. The van der Waals surface area contributed by atoms with Crippen molar-refractivity contribution in [2.45, 2.75) is 13.8 Å². The quantitative estimate of drug-likeness (QED) is 0.719. The van der Waals surface area contributed by atoms with E-state index in [1.165, 1.54) is 0 Å². The lowest BCUT2D eigenvalue weighted by Gasteiger charge is -2.07. The summed E-state index contributed by atoms with van der Waals surface area (Å²) in [5.41, 5.74) is 5.33. The van der Waals surface area contributed by atoms with Gasteiger partial charge < -0.3 is 15.8 Å². The minimum Gasteiger partial charge on any atom is -0.476 e. The van der Waals surface area contributed by atoms with Gasteiger partial charge >= 0.3 is 0 Å². The predicted octanol–water partition coefficient (Wildman–Crippen LogP) is 0.554. The molecule has 1 aromatic heterocycles. The van der Waals surface area contributed by atoms with Crippen LogP contribution in [-0.4, -0.2) is 29.7 Å². The number of aryl methyl sites for hydroxylation is 1. The molecule has 5 nitrogen and oxygen atoms in total. The maximum absolute atomic E-state index is 5.33. The Morgan fingerprint density at radius 3 is 2.93 bits per heavy atom. The van der Waals surface area contributed by atoms with Crippen LogP contribution >= 0.6 is 0 Å². The van der Waals surface area contributed by atoms with Crippen LogP contribution in [0.5, 0.6) is 5.88 Å². The Labute approximate surface area is 83.7 Å². The highest BCUT2D eigenvalue weighted by Gasteiger charge is 2.01. The summed E-state index contributed by atoms with van der Waals surface area (Å²) in [7, 11) is 0. The van der Waals surface area contributed by atoms with Crippen molar-refractivity contribution in [2.75, 3.05) is 25.0 Å². The Morgan fingerprint density at radius 2 is 2.29 bits per heavy atom. The largest absolute Gasteiger partial charge is 0.476 e. The molecule has 5 heteroatoms. The van der Waals surface area contributed by atoms with E-state index < -0.39 is 0 Å². The summed E-state index contributed by atoms with van der Waals surface area (Å²) < 4.78 is 5.31. The van der Waals surface area contributed by atoms with E-state index in [0.717, 1.165) is 12.4 Å². The van der Waals surface area contributed by atoms with E-state index in [-0.39, 0.29) is 0 Å². The maximum atomic E-state index is 5.33. The van der Waals surface area contributed by atoms with Crippen LogP contribution in [0.25, 0.3) is 0 Å². The van der Waals surface area contributed by atoms with Crippen LogP contribution in [0.2, 0.25) is 0 Å². The molecule has 3 N–H and O–H groups in total. The van der Waals surface area contributed by atoms with Crippen molar-refractivity contribution in [3.8, 4) is 5.88 Å². The second kappa shape index (κ2) is 5.39. The fraction of sp³-hybridized carbons (Fsp3) is 0.556. The molecule has 0 aliphatic rings. The molecule has 0 radical (unpaired) electrons. The first-order valence-corrected chi connectivity index (χ1v) is 4.68. The Morgan fingerprint density at radius 1 is 1.50 bits per heavy atom. The van der Waals surface area contributed by atoms with Gasteiger partial charge in [0.05, 0.1) is 0 Å². The lowest BCUT2D eigenvalue weighted by molar-refractivity contribution is 0.314. The first-order chi connectivity index (χ1) is 6.76. The molecule has 1 aromatic rings. The second-order valence-corrected chi connectivity index (χ2v) is 2.81. The van der Waals surface area contributed by atoms with Gasteiger partial charge in [0.2, 0.25) is 5.88 Å². The molecule has 78 valence electrons. The predicted molar refractivity (Wildman–Crippen MR) is 55.5 cm³/mol. The lowest BCUT2D eigenvalue weighted by atomic mass is 10.5. The van der Waals surface area contributed by atoms with Gasteiger partial charge in [-0.05, 0) is 13.8 Å². The smallest absolute Gasteiger partial charge is 0.218 e. The minimum absolute atomic E-state index is 0.474. The van der Waals surface area contributed by atoms with Crippen LogP contribution in [0.1, 0.15) is 12.7 Å². The van der Waals surface area contributed by atoms with E-state index in [9.17, 15) is 0 Å². The van der Waals surface area contributed by atoms with Gasteiger partial charge in [-0.3, -0.25) is 0 Å². The molecule has 0 aliphatic carbocycles. The summed E-state index contributed by atoms with van der Waals surface area (Å²) in [6.07, 6.45) is 0. The Bertz CT molecular complexity index is 290. The zero-order chi connectivity index (χ0) is 10.4. The van der Waals surface area contributed by atoms with Crippen molar-refractivity contribution in [1.82, 2.24) is 9.97 Å². The van der Waals surface area contributed by atoms with E-state index in [0.29, 0.717) is 24.9 Å². The molecule has 1 heterocycles. The van der Waals surface area contributed by atoms with Gasteiger partial charge in [0.1, 0.15) is 18.2 Å². The third kappa shape index (κ3) is 3.18. The van der Waals surface area contributed by atoms with Gasteiger partial charge in [0.25, 0.3) is 0 Å². The number of hydrogen-bond donors (Lipinski definition) is 2. The van der Waals surface area contributed by atoms with Gasteiger partial charge in [-0.15, -0.1) is 0 Å². The standard InChI is InChI=1S/C9H16N4O/c1-3-11-8-6-9(14-5-4-10)13-7(2)12-8/h6H,3-5,10H2,1-2H3,(H,11,12,13). The molecular weight excluding hydrogens is 180 g/mol.